The van der Waals surface area contributed by atoms with Gasteiger partial charge in [-0.1, -0.05) is 52.3 Å². The van der Waals surface area contributed by atoms with E-state index < -0.39 is 0 Å². The van der Waals surface area contributed by atoms with Crippen LogP contribution in [0.3, 0.4) is 0 Å². The average Bonchev–Trinajstić information content (AvgIpc) is 3.27. The van der Waals surface area contributed by atoms with E-state index in [1.807, 2.05) is 6.92 Å². The Bertz CT molecular complexity index is 1040. The molecule has 34 heavy (non-hydrogen) atoms. The number of Topliss-reactive ketones (excluding diaryl/α,β-unsaturated/α-hetero) is 1. The second kappa shape index (κ2) is 8.41. The molecule has 4 nitrogen and oxygen atoms in total. The number of hydrogen-bond donors (Lipinski definition) is 1. The highest BCUT2D eigenvalue weighted by Crippen LogP contribution is 2.71. The number of nitrogens with zero attached hydrogens (tertiary/aromatic N) is 2. The molecular formula is C29H43N2O2P. The van der Waals surface area contributed by atoms with Crippen molar-refractivity contribution in [1.82, 2.24) is 9.78 Å². The molecule has 0 radical (unpaired) electrons. The zero-order valence-electron chi connectivity index (χ0n) is 21.7. The minimum absolute atomic E-state index is 0.0303. The lowest BCUT2D eigenvalue weighted by molar-refractivity contribution is -0.158. The topological polar surface area (TPSA) is 55.1 Å². The van der Waals surface area contributed by atoms with Crippen molar-refractivity contribution in [3.8, 4) is 0 Å². The molecule has 1 unspecified atom stereocenters. The molecule has 1 heterocycles. The quantitative estimate of drug-likeness (QED) is 0.433. The van der Waals surface area contributed by atoms with Crippen molar-refractivity contribution in [2.75, 3.05) is 6.16 Å². The smallest absolute Gasteiger partial charge is 0.139 e. The predicted octanol–water partition coefficient (Wildman–Crippen LogP) is 5.70. The summed E-state index contributed by atoms with van der Waals surface area (Å²) >= 11 is 0. The second-order valence-corrected chi connectivity index (χ2v) is 12.8. The molecule has 0 saturated heterocycles. The normalized spacial score (nSPS) is 43.1. The van der Waals surface area contributed by atoms with E-state index in [2.05, 4.69) is 66.0 Å². The molecule has 186 valence electrons. The molecule has 5 heteroatoms. The fraction of sp³-hybridized carbons (Fsp3) is 0.724. The van der Waals surface area contributed by atoms with Gasteiger partial charge in [0.15, 0.2) is 0 Å². The summed E-state index contributed by atoms with van der Waals surface area (Å²) < 4.78 is 2.12. The van der Waals surface area contributed by atoms with E-state index >= 15 is 0 Å². The van der Waals surface area contributed by atoms with Crippen molar-refractivity contribution >= 4 is 21.1 Å². The van der Waals surface area contributed by atoms with Gasteiger partial charge in [-0.05, 0) is 84.4 Å². The van der Waals surface area contributed by atoms with Gasteiger partial charge in [0, 0.05) is 11.8 Å². The van der Waals surface area contributed by atoms with Crippen LogP contribution in [0.25, 0.3) is 6.08 Å². The fourth-order valence-electron chi connectivity index (χ4n) is 9.17. The number of carbonyl (C=O) groups excluding carboxylic acids is 1. The molecule has 9 atom stereocenters. The zero-order valence-corrected chi connectivity index (χ0v) is 22.8. The maximum absolute atomic E-state index is 13.3. The fourth-order valence-corrected chi connectivity index (χ4v) is 9.37. The maximum atomic E-state index is 13.3. The molecule has 4 aliphatic rings. The van der Waals surface area contributed by atoms with Gasteiger partial charge in [0.2, 0.25) is 0 Å². The van der Waals surface area contributed by atoms with Crippen LogP contribution in [-0.2, 0) is 17.8 Å². The van der Waals surface area contributed by atoms with Crippen LogP contribution in [0.15, 0.2) is 23.9 Å². The molecule has 3 fully saturated rings. The predicted molar refractivity (Wildman–Crippen MR) is 141 cm³/mol. The molecular weight excluding hydrogens is 439 g/mol. The SMILES string of the molecule is CCC(=O)[C@@]1(C)[C@H](C)C[C@H]2[C@@H]3CCC4=Cc5c(cnn5C/C=C\CP)C[C@]4(C)[C@H]3[C@@H](O)C[C@@]21C. The van der Waals surface area contributed by atoms with Crippen LogP contribution in [0, 0.1) is 39.9 Å². The summed E-state index contributed by atoms with van der Waals surface area (Å²) in [6, 6.07) is 0. The molecule has 3 saturated carbocycles. The van der Waals surface area contributed by atoms with Crippen LogP contribution in [0.4, 0.5) is 0 Å². The minimum atomic E-state index is -0.365. The van der Waals surface area contributed by atoms with E-state index in [1.165, 1.54) is 16.8 Å². The number of fused-ring (bicyclic) bond motifs is 6. The third kappa shape index (κ3) is 3.16. The lowest BCUT2D eigenvalue weighted by atomic mass is 9.44. The average molecular weight is 483 g/mol. The summed E-state index contributed by atoms with van der Waals surface area (Å²) in [5, 5.41) is 16.5. The van der Waals surface area contributed by atoms with E-state index in [1.54, 1.807) is 0 Å². The molecule has 1 N–H and O–H groups in total. The van der Waals surface area contributed by atoms with Crippen molar-refractivity contribution in [2.45, 2.75) is 85.8 Å². The first kappa shape index (κ1) is 24.4. The molecule has 1 aromatic heterocycles. The Hall–Kier alpha value is -1.25. The number of ketones is 1. The van der Waals surface area contributed by atoms with Gasteiger partial charge in [0.05, 0.1) is 24.5 Å². The summed E-state index contributed by atoms with van der Waals surface area (Å²) in [6.45, 7) is 12.1. The highest BCUT2D eigenvalue weighted by Gasteiger charge is 2.68. The Labute approximate surface area is 207 Å². The number of rotatable bonds is 5. The van der Waals surface area contributed by atoms with Crippen LogP contribution in [0.2, 0.25) is 0 Å². The van der Waals surface area contributed by atoms with Crippen LogP contribution in [0.5, 0.6) is 0 Å². The Morgan fingerprint density at radius 3 is 2.79 bits per heavy atom. The van der Waals surface area contributed by atoms with Gasteiger partial charge >= 0.3 is 0 Å². The minimum Gasteiger partial charge on any atom is -0.393 e. The summed E-state index contributed by atoms with van der Waals surface area (Å²) in [4.78, 5) is 13.3. The van der Waals surface area contributed by atoms with Crippen LogP contribution in [0.1, 0.15) is 78.0 Å². The Kier molecular flexibility index (Phi) is 6.05. The molecule has 0 bridgehead atoms. The summed E-state index contributed by atoms with van der Waals surface area (Å²) in [5.74, 6) is 2.01. The summed E-state index contributed by atoms with van der Waals surface area (Å²) in [7, 11) is 2.74. The van der Waals surface area contributed by atoms with Gasteiger partial charge in [-0.3, -0.25) is 9.48 Å². The van der Waals surface area contributed by atoms with Gasteiger partial charge in [0.25, 0.3) is 0 Å². The number of hydrogen-bond acceptors (Lipinski definition) is 3. The Morgan fingerprint density at radius 2 is 2.09 bits per heavy atom. The number of allylic oxidation sites excluding steroid dienone is 3. The molecule has 1 aromatic rings. The molecule has 0 aromatic carbocycles. The van der Waals surface area contributed by atoms with Gasteiger partial charge in [0.1, 0.15) is 5.78 Å². The van der Waals surface area contributed by atoms with Crippen molar-refractivity contribution in [3.63, 3.8) is 0 Å². The largest absolute Gasteiger partial charge is 0.393 e. The standard InChI is InChI=1S/C29H43N2O2P/c1-6-25(33)29(5)18(2)13-22-21-10-9-20-14-23-19(17-30-31(23)11-7-8-12-34)15-27(20,3)26(21)24(32)16-28(22,29)4/h7-8,14,17-18,21-22,24,26,32H,6,9-13,15-16,34H2,1-5H3/b8-7-/t18-,21+,22+,24+,26-,27+,28+,29-/m1/s1. The van der Waals surface area contributed by atoms with Gasteiger partial charge in [-0.2, -0.15) is 5.10 Å². The molecule has 0 spiro atoms. The van der Waals surface area contributed by atoms with E-state index in [-0.39, 0.29) is 28.3 Å². The highest BCUT2D eigenvalue weighted by molar-refractivity contribution is 7.16. The third-order valence-electron chi connectivity index (χ3n) is 11.2. The van der Waals surface area contributed by atoms with E-state index in [4.69, 9.17) is 5.10 Å². The first-order chi connectivity index (χ1) is 16.1. The van der Waals surface area contributed by atoms with E-state index in [0.717, 1.165) is 44.8 Å². The first-order valence-corrected chi connectivity index (χ1v) is 14.3. The van der Waals surface area contributed by atoms with Gasteiger partial charge in [-0.15, -0.1) is 9.24 Å². The Balaban J connectivity index is 1.50. The lowest BCUT2D eigenvalue weighted by Crippen LogP contribution is -2.59. The molecule has 4 aliphatic carbocycles. The van der Waals surface area contributed by atoms with E-state index in [9.17, 15) is 9.90 Å². The second-order valence-electron chi connectivity index (χ2n) is 12.3. The Morgan fingerprint density at radius 1 is 1.32 bits per heavy atom. The number of aliphatic hydroxyl groups excluding tert-OH is 1. The van der Waals surface area contributed by atoms with Gasteiger partial charge in [-0.25, -0.2) is 0 Å². The monoisotopic (exact) mass is 482 g/mol. The van der Waals surface area contributed by atoms with Crippen molar-refractivity contribution in [3.05, 3.63) is 35.2 Å². The van der Waals surface area contributed by atoms with Crippen LogP contribution >= 0.6 is 9.24 Å². The van der Waals surface area contributed by atoms with Crippen molar-refractivity contribution in [1.29, 1.82) is 0 Å². The van der Waals surface area contributed by atoms with Gasteiger partial charge < -0.3 is 5.11 Å². The number of aliphatic hydroxyl groups is 1. The summed E-state index contributed by atoms with van der Waals surface area (Å²) in [6.07, 6.45) is 15.1. The highest BCUT2D eigenvalue weighted by atomic mass is 31.0. The first-order valence-electron chi connectivity index (χ1n) is 13.4. The number of carbonyl (C=O) groups is 1. The van der Waals surface area contributed by atoms with Crippen LogP contribution < -0.4 is 0 Å². The number of aromatic nitrogens is 2. The third-order valence-corrected chi connectivity index (χ3v) is 11.4. The van der Waals surface area contributed by atoms with Crippen molar-refractivity contribution in [2.24, 2.45) is 39.9 Å². The lowest BCUT2D eigenvalue weighted by Gasteiger charge is -2.61. The molecule has 5 rings (SSSR count). The van der Waals surface area contributed by atoms with Crippen molar-refractivity contribution < 1.29 is 9.90 Å². The molecule has 0 aliphatic heterocycles. The van der Waals surface area contributed by atoms with Crippen LogP contribution in [-0.4, -0.2) is 32.9 Å². The molecule has 0 amide bonds. The van der Waals surface area contributed by atoms with E-state index in [0.29, 0.717) is 30.0 Å². The zero-order chi connectivity index (χ0) is 24.5. The summed E-state index contributed by atoms with van der Waals surface area (Å²) in [5.41, 5.74) is 3.59. The maximum Gasteiger partial charge on any atom is 0.139 e.